The first-order valence-electron chi connectivity index (χ1n) is 11.4. The van der Waals surface area contributed by atoms with Crippen molar-refractivity contribution in [2.75, 3.05) is 16.3 Å². The molecule has 0 fully saturated rings. The quantitative estimate of drug-likeness (QED) is 0.645. The van der Waals surface area contributed by atoms with Crippen LogP contribution in [0.15, 0.2) is 99.8 Å². The molecule has 4 aliphatic heterocycles. The largest absolute Gasteiger partial charge is 0.359 e. The Morgan fingerprint density at radius 1 is 1.00 bits per heavy atom. The minimum Gasteiger partial charge on any atom is -0.359 e. The van der Waals surface area contributed by atoms with E-state index in [2.05, 4.69) is 54.5 Å². The van der Waals surface area contributed by atoms with E-state index in [4.69, 9.17) is 4.99 Å². The molecule has 2 aromatic heterocycles. The van der Waals surface area contributed by atoms with Gasteiger partial charge in [0.1, 0.15) is 0 Å². The van der Waals surface area contributed by atoms with Gasteiger partial charge < -0.3 is 9.80 Å². The zero-order chi connectivity index (χ0) is 22.9. The third-order valence-corrected chi connectivity index (χ3v) is 6.49. The molecule has 0 saturated carbocycles. The Bertz CT molecular complexity index is 1390. The molecule has 166 valence electrons. The van der Waals surface area contributed by atoms with Gasteiger partial charge in [0.05, 0.1) is 17.4 Å². The van der Waals surface area contributed by atoms with E-state index in [1.54, 1.807) is 0 Å². The highest BCUT2D eigenvalue weighted by Gasteiger charge is 2.34. The molecule has 6 rings (SSSR count). The lowest BCUT2D eigenvalue weighted by Crippen LogP contribution is -2.46. The molecule has 6 heterocycles. The Hall–Kier alpha value is -4.35. The molecule has 0 N–H and O–H groups in total. The van der Waals surface area contributed by atoms with E-state index >= 15 is 0 Å². The first-order chi connectivity index (χ1) is 16.8. The number of aliphatic imine (C=N–C) groups is 3. The first kappa shape index (κ1) is 20.3. The lowest BCUT2D eigenvalue weighted by atomic mass is 9.91. The molecule has 2 bridgehead atoms. The molecule has 0 saturated heterocycles. The van der Waals surface area contributed by atoms with E-state index in [1.807, 2.05) is 74.2 Å². The topological polar surface area (TPSA) is 69.3 Å². The summed E-state index contributed by atoms with van der Waals surface area (Å²) in [6, 6.07) is 4.18. The van der Waals surface area contributed by atoms with Gasteiger partial charge in [-0.2, -0.15) is 0 Å². The molecule has 7 heteroatoms. The van der Waals surface area contributed by atoms with Crippen LogP contribution in [0.5, 0.6) is 0 Å². The number of anilines is 2. The number of nitrogens with zero attached hydrogens (tertiary/aromatic N) is 7. The molecule has 2 atom stereocenters. The monoisotopic (exact) mass is 445 g/mol. The maximum absolute atomic E-state index is 4.73. The number of allylic oxidation sites excluding steroid dienone is 1. The van der Waals surface area contributed by atoms with Gasteiger partial charge in [-0.15, -0.1) is 0 Å². The van der Waals surface area contributed by atoms with Gasteiger partial charge in [-0.3, -0.25) is 24.9 Å². The molecule has 0 aliphatic carbocycles. The lowest BCUT2D eigenvalue weighted by molar-refractivity contribution is 0.568. The van der Waals surface area contributed by atoms with E-state index < -0.39 is 0 Å². The van der Waals surface area contributed by atoms with Crippen LogP contribution in [0.3, 0.4) is 0 Å². The second-order valence-electron chi connectivity index (χ2n) is 8.45. The molecule has 0 aromatic carbocycles. The van der Waals surface area contributed by atoms with Crippen molar-refractivity contribution in [1.29, 1.82) is 0 Å². The summed E-state index contributed by atoms with van der Waals surface area (Å²) >= 11 is 0. The second-order valence-corrected chi connectivity index (χ2v) is 8.45. The van der Waals surface area contributed by atoms with Gasteiger partial charge in [0, 0.05) is 103 Å². The smallest absolute Gasteiger partial charge is 0.0911 e. The van der Waals surface area contributed by atoms with Crippen LogP contribution < -0.4 is 9.80 Å². The van der Waals surface area contributed by atoms with E-state index in [0.29, 0.717) is 0 Å². The number of pyridine rings is 2. The fraction of sp³-hybridized carbons (Fsp3) is 0.185. The van der Waals surface area contributed by atoms with Crippen LogP contribution in [0.1, 0.15) is 18.1 Å². The van der Waals surface area contributed by atoms with Crippen LogP contribution in [0.2, 0.25) is 0 Å². The molecule has 0 radical (unpaired) electrons. The molecule has 4 aliphatic rings. The molecule has 2 aromatic rings. The molecular formula is C27H23N7. The summed E-state index contributed by atoms with van der Waals surface area (Å²) in [5.74, 6) is 0.142. The van der Waals surface area contributed by atoms with Crippen LogP contribution in [0, 0.1) is 5.92 Å². The summed E-state index contributed by atoms with van der Waals surface area (Å²) in [5, 5.41) is 0. The fourth-order valence-electron chi connectivity index (χ4n) is 4.82. The zero-order valence-corrected chi connectivity index (χ0v) is 18.8. The van der Waals surface area contributed by atoms with Crippen LogP contribution in [0.25, 0.3) is 5.57 Å². The minimum absolute atomic E-state index is 0.0474. The molecule has 0 amide bonds. The van der Waals surface area contributed by atoms with Gasteiger partial charge in [-0.25, -0.2) is 0 Å². The maximum atomic E-state index is 4.73. The molecule has 7 nitrogen and oxygen atoms in total. The van der Waals surface area contributed by atoms with Crippen molar-refractivity contribution in [2.24, 2.45) is 20.9 Å². The highest BCUT2D eigenvalue weighted by Crippen LogP contribution is 2.40. The Balaban J connectivity index is 1.42. The summed E-state index contributed by atoms with van der Waals surface area (Å²) in [4.78, 5) is 26.9. The third-order valence-electron chi connectivity index (χ3n) is 6.49. The van der Waals surface area contributed by atoms with E-state index in [1.165, 1.54) is 0 Å². The van der Waals surface area contributed by atoms with Crippen LogP contribution in [-0.4, -0.2) is 41.2 Å². The average Bonchev–Trinajstić information content (AvgIpc) is 3.01. The Morgan fingerprint density at radius 3 is 2.82 bits per heavy atom. The van der Waals surface area contributed by atoms with Crippen LogP contribution in [-0.2, 0) is 6.42 Å². The Kier molecular flexibility index (Phi) is 5.09. The SMILES string of the molecule is CC1C(N2C3=C=C(C=NC=C3)c3cnccc32)=CN=CC1N1C/C=C\N=CCc2cnccc21. The number of rotatable bonds is 2. The zero-order valence-electron chi connectivity index (χ0n) is 18.8. The molecule has 0 spiro atoms. The average molecular weight is 446 g/mol. The van der Waals surface area contributed by atoms with Gasteiger partial charge in [-0.05, 0) is 29.8 Å². The van der Waals surface area contributed by atoms with Gasteiger partial charge in [0.2, 0.25) is 0 Å². The lowest BCUT2D eigenvalue weighted by Gasteiger charge is -2.41. The first-order valence-corrected chi connectivity index (χ1v) is 11.4. The summed E-state index contributed by atoms with van der Waals surface area (Å²) in [7, 11) is 0. The number of fused-ring (bicyclic) bond motifs is 3. The van der Waals surface area contributed by atoms with E-state index in [-0.39, 0.29) is 12.0 Å². The van der Waals surface area contributed by atoms with Crippen molar-refractivity contribution in [3.63, 3.8) is 0 Å². The summed E-state index contributed by atoms with van der Waals surface area (Å²) in [6.07, 6.45) is 23.8. The predicted molar refractivity (Wildman–Crippen MR) is 137 cm³/mol. The van der Waals surface area contributed by atoms with Gasteiger partial charge in [-0.1, -0.05) is 12.7 Å². The normalized spacial score (nSPS) is 23.5. The van der Waals surface area contributed by atoms with Crippen molar-refractivity contribution < 1.29 is 0 Å². The van der Waals surface area contributed by atoms with Gasteiger partial charge in [0.15, 0.2) is 0 Å². The number of hydrogen-bond donors (Lipinski definition) is 0. The standard InChI is InChI=1S/C27H23N7/c1-19-26(33-12-2-7-28-8-3-20-14-30-10-5-24(20)33)17-32-18-27(19)34-22-4-9-29-15-21(13-22)23-16-31-11-6-25(23)34/h2,4-11,14-19,26H,3,12H2,1H3/b7-2-,28-8?. The van der Waals surface area contributed by atoms with Gasteiger partial charge in [0.25, 0.3) is 0 Å². The summed E-state index contributed by atoms with van der Waals surface area (Å²) in [5.41, 5.74) is 10.9. The summed E-state index contributed by atoms with van der Waals surface area (Å²) in [6.45, 7) is 2.98. The van der Waals surface area contributed by atoms with Crippen molar-refractivity contribution in [3.05, 3.63) is 95.9 Å². The molecule has 2 unspecified atom stereocenters. The van der Waals surface area contributed by atoms with Crippen molar-refractivity contribution >= 4 is 35.6 Å². The van der Waals surface area contributed by atoms with Crippen LogP contribution >= 0.6 is 0 Å². The molecule has 34 heavy (non-hydrogen) atoms. The third kappa shape index (κ3) is 3.43. The predicted octanol–water partition coefficient (Wildman–Crippen LogP) is 4.34. The Morgan fingerprint density at radius 2 is 1.88 bits per heavy atom. The van der Waals surface area contributed by atoms with Crippen molar-refractivity contribution in [1.82, 2.24) is 9.97 Å². The number of aromatic nitrogens is 2. The van der Waals surface area contributed by atoms with Gasteiger partial charge >= 0.3 is 0 Å². The summed E-state index contributed by atoms with van der Waals surface area (Å²) < 4.78 is 0. The highest BCUT2D eigenvalue weighted by atomic mass is 15.2. The Labute approximate surface area is 198 Å². The minimum atomic E-state index is 0.0474. The number of hydrogen-bond acceptors (Lipinski definition) is 7. The van der Waals surface area contributed by atoms with Crippen LogP contribution in [0.4, 0.5) is 11.4 Å². The highest BCUT2D eigenvalue weighted by molar-refractivity contribution is 6.13. The van der Waals surface area contributed by atoms with E-state index in [0.717, 1.165) is 52.4 Å². The van der Waals surface area contributed by atoms with Crippen molar-refractivity contribution in [2.45, 2.75) is 19.4 Å². The molecular weight excluding hydrogens is 422 g/mol. The fourth-order valence-corrected chi connectivity index (χ4v) is 4.82. The van der Waals surface area contributed by atoms with E-state index in [9.17, 15) is 0 Å². The second kappa shape index (κ2) is 8.54. The maximum Gasteiger partial charge on any atom is 0.0911 e. The van der Waals surface area contributed by atoms with Crippen molar-refractivity contribution in [3.8, 4) is 0 Å².